The van der Waals surface area contributed by atoms with E-state index in [1.807, 2.05) is 6.92 Å². The lowest BCUT2D eigenvalue weighted by molar-refractivity contribution is -0.134. The van der Waals surface area contributed by atoms with Crippen molar-refractivity contribution in [2.24, 2.45) is 0 Å². The van der Waals surface area contributed by atoms with E-state index < -0.39 is 6.10 Å². The summed E-state index contributed by atoms with van der Waals surface area (Å²) in [6.45, 7) is 7.50. The number of benzene rings is 1. The quantitative estimate of drug-likeness (QED) is 0.787. The second-order valence-electron chi connectivity index (χ2n) is 6.21. The highest BCUT2D eigenvalue weighted by atomic mass is 16.5. The number of aryl methyl sites for hydroxylation is 1. The minimum Gasteiger partial charge on any atom is -0.379 e. The van der Waals surface area contributed by atoms with Gasteiger partial charge in [-0.1, -0.05) is 24.3 Å². The molecule has 1 aliphatic carbocycles. The van der Waals surface area contributed by atoms with Crippen LogP contribution in [0.25, 0.3) is 0 Å². The Morgan fingerprint density at radius 3 is 2.77 bits per heavy atom. The molecule has 0 saturated heterocycles. The standard InChI is InChI=1S/C18H27NO3/c1-4-21-11-12-22-14(2)17(20)19-18(3)10-9-15-7-5-6-8-16(15)13-18/h5-8,14H,4,9-13H2,1-3H3,(H,19,20). The Morgan fingerprint density at radius 1 is 1.32 bits per heavy atom. The average molecular weight is 305 g/mol. The third-order valence-electron chi connectivity index (χ3n) is 4.24. The van der Waals surface area contributed by atoms with Gasteiger partial charge in [0.05, 0.1) is 13.2 Å². The van der Waals surface area contributed by atoms with Crippen molar-refractivity contribution in [1.82, 2.24) is 5.32 Å². The zero-order valence-electron chi connectivity index (χ0n) is 13.9. The third kappa shape index (κ3) is 4.55. The van der Waals surface area contributed by atoms with Crippen molar-refractivity contribution in [2.75, 3.05) is 19.8 Å². The van der Waals surface area contributed by atoms with Gasteiger partial charge >= 0.3 is 0 Å². The fourth-order valence-corrected chi connectivity index (χ4v) is 2.90. The highest BCUT2D eigenvalue weighted by Crippen LogP contribution is 2.28. The monoisotopic (exact) mass is 305 g/mol. The number of hydrogen-bond acceptors (Lipinski definition) is 3. The van der Waals surface area contributed by atoms with E-state index in [1.165, 1.54) is 11.1 Å². The van der Waals surface area contributed by atoms with Gasteiger partial charge in [-0.25, -0.2) is 0 Å². The summed E-state index contributed by atoms with van der Waals surface area (Å²) in [7, 11) is 0. The number of carbonyl (C=O) groups excluding carboxylic acids is 1. The van der Waals surface area contributed by atoms with Crippen molar-refractivity contribution >= 4 is 5.91 Å². The molecule has 0 aromatic heterocycles. The molecule has 0 radical (unpaired) electrons. The Bertz CT molecular complexity index is 503. The van der Waals surface area contributed by atoms with Crippen LogP contribution in [0.2, 0.25) is 0 Å². The normalized spacial score (nSPS) is 22.0. The Hall–Kier alpha value is -1.39. The van der Waals surface area contributed by atoms with Gasteiger partial charge in [0.15, 0.2) is 0 Å². The number of rotatable bonds is 7. The molecule has 0 aliphatic heterocycles. The first-order valence-corrected chi connectivity index (χ1v) is 8.12. The number of fused-ring (bicyclic) bond motifs is 1. The largest absolute Gasteiger partial charge is 0.379 e. The predicted octanol–water partition coefficient (Wildman–Crippen LogP) is 2.49. The molecule has 122 valence electrons. The molecule has 2 atom stereocenters. The summed E-state index contributed by atoms with van der Waals surface area (Å²) < 4.78 is 10.7. The van der Waals surface area contributed by atoms with Gasteiger partial charge in [0, 0.05) is 12.1 Å². The fourth-order valence-electron chi connectivity index (χ4n) is 2.90. The van der Waals surface area contributed by atoms with Crippen LogP contribution in [0.15, 0.2) is 24.3 Å². The first kappa shape index (κ1) is 17.0. The highest BCUT2D eigenvalue weighted by molar-refractivity contribution is 5.81. The Kier molecular flexibility index (Phi) is 5.98. The summed E-state index contributed by atoms with van der Waals surface area (Å²) in [5, 5.41) is 3.17. The van der Waals surface area contributed by atoms with Crippen LogP contribution < -0.4 is 5.32 Å². The van der Waals surface area contributed by atoms with Gasteiger partial charge < -0.3 is 14.8 Å². The minimum atomic E-state index is -0.450. The molecule has 1 aliphatic rings. The molecule has 1 N–H and O–H groups in total. The van der Waals surface area contributed by atoms with Crippen LogP contribution in [-0.4, -0.2) is 37.4 Å². The van der Waals surface area contributed by atoms with Crippen LogP contribution in [0.3, 0.4) is 0 Å². The molecule has 2 rings (SSSR count). The second kappa shape index (κ2) is 7.75. The van der Waals surface area contributed by atoms with Crippen LogP contribution in [0.4, 0.5) is 0 Å². The van der Waals surface area contributed by atoms with E-state index in [2.05, 4.69) is 36.5 Å². The predicted molar refractivity (Wildman–Crippen MR) is 86.9 cm³/mol. The Labute approximate surface area is 133 Å². The highest BCUT2D eigenvalue weighted by Gasteiger charge is 2.32. The van der Waals surface area contributed by atoms with E-state index in [0.29, 0.717) is 19.8 Å². The van der Waals surface area contributed by atoms with Crippen LogP contribution in [0, 0.1) is 0 Å². The molecule has 4 heteroatoms. The lowest BCUT2D eigenvalue weighted by Gasteiger charge is -2.36. The summed E-state index contributed by atoms with van der Waals surface area (Å²) >= 11 is 0. The minimum absolute atomic E-state index is 0.0432. The maximum atomic E-state index is 12.3. The molecule has 1 aromatic carbocycles. The van der Waals surface area contributed by atoms with Crippen LogP contribution in [0.5, 0.6) is 0 Å². The lowest BCUT2D eigenvalue weighted by Crippen LogP contribution is -2.52. The summed E-state index contributed by atoms with van der Waals surface area (Å²) in [4.78, 5) is 12.3. The van der Waals surface area contributed by atoms with Crippen molar-refractivity contribution in [3.05, 3.63) is 35.4 Å². The molecule has 0 fully saturated rings. The fraction of sp³-hybridized carbons (Fsp3) is 0.611. The first-order chi connectivity index (χ1) is 10.5. The molecular weight excluding hydrogens is 278 g/mol. The Balaban J connectivity index is 1.86. The SMILES string of the molecule is CCOCCOC(C)C(=O)NC1(C)CCc2ccccc2C1. The van der Waals surface area contributed by atoms with Crippen LogP contribution >= 0.6 is 0 Å². The van der Waals surface area contributed by atoms with Crippen molar-refractivity contribution < 1.29 is 14.3 Å². The summed E-state index contributed by atoms with van der Waals surface area (Å²) in [6, 6.07) is 8.47. The maximum Gasteiger partial charge on any atom is 0.249 e. The first-order valence-electron chi connectivity index (χ1n) is 8.12. The topological polar surface area (TPSA) is 47.6 Å². The van der Waals surface area contributed by atoms with E-state index in [-0.39, 0.29) is 11.4 Å². The van der Waals surface area contributed by atoms with Gasteiger partial charge in [0.2, 0.25) is 5.91 Å². The van der Waals surface area contributed by atoms with Gasteiger partial charge in [-0.2, -0.15) is 0 Å². The molecule has 0 saturated carbocycles. The lowest BCUT2D eigenvalue weighted by atomic mass is 9.79. The van der Waals surface area contributed by atoms with E-state index in [0.717, 1.165) is 19.3 Å². The number of ether oxygens (including phenoxy) is 2. The van der Waals surface area contributed by atoms with Gasteiger partial charge in [-0.3, -0.25) is 4.79 Å². The average Bonchev–Trinajstić information content (AvgIpc) is 2.50. The summed E-state index contributed by atoms with van der Waals surface area (Å²) in [5.74, 6) is -0.0432. The zero-order valence-corrected chi connectivity index (χ0v) is 13.9. The molecule has 4 nitrogen and oxygen atoms in total. The van der Waals surface area contributed by atoms with Crippen LogP contribution in [-0.2, 0) is 27.1 Å². The van der Waals surface area contributed by atoms with Crippen molar-refractivity contribution in [2.45, 2.75) is 51.7 Å². The molecule has 0 bridgehead atoms. The zero-order chi connectivity index (χ0) is 16.0. The van der Waals surface area contributed by atoms with Crippen molar-refractivity contribution in [3.63, 3.8) is 0 Å². The number of amides is 1. The molecule has 1 amide bonds. The van der Waals surface area contributed by atoms with Gasteiger partial charge in [0.25, 0.3) is 0 Å². The second-order valence-corrected chi connectivity index (χ2v) is 6.21. The third-order valence-corrected chi connectivity index (χ3v) is 4.24. The van der Waals surface area contributed by atoms with Crippen molar-refractivity contribution in [3.8, 4) is 0 Å². The molecule has 2 unspecified atom stereocenters. The Morgan fingerprint density at radius 2 is 2.05 bits per heavy atom. The molecule has 0 heterocycles. The molecule has 1 aromatic rings. The summed E-state index contributed by atoms with van der Waals surface area (Å²) in [5.41, 5.74) is 2.54. The van der Waals surface area contributed by atoms with Gasteiger partial charge in [-0.05, 0) is 51.2 Å². The number of carbonyl (C=O) groups is 1. The van der Waals surface area contributed by atoms with Crippen LogP contribution in [0.1, 0.15) is 38.3 Å². The van der Waals surface area contributed by atoms with E-state index in [9.17, 15) is 4.79 Å². The van der Waals surface area contributed by atoms with E-state index in [4.69, 9.17) is 9.47 Å². The van der Waals surface area contributed by atoms with Gasteiger partial charge in [0.1, 0.15) is 6.10 Å². The molecule has 22 heavy (non-hydrogen) atoms. The number of nitrogens with one attached hydrogen (secondary N) is 1. The molecule has 0 spiro atoms. The maximum absolute atomic E-state index is 12.3. The molecular formula is C18H27NO3. The van der Waals surface area contributed by atoms with Gasteiger partial charge in [-0.15, -0.1) is 0 Å². The number of hydrogen-bond donors (Lipinski definition) is 1. The van der Waals surface area contributed by atoms with E-state index in [1.54, 1.807) is 6.92 Å². The van der Waals surface area contributed by atoms with E-state index >= 15 is 0 Å². The van der Waals surface area contributed by atoms with Crippen molar-refractivity contribution in [1.29, 1.82) is 0 Å². The summed E-state index contributed by atoms with van der Waals surface area (Å²) in [6.07, 6.45) is 2.39. The smallest absolute Gasteiger partial charge is 0.249 e.